The molecule has 3 rings (SSSR count). The zero-order valence-corrected chi connectivity index (χ0v) is 17.1. The molecule has 1 N–H and O–H groups in total. The first kappa shape index (κ1) is 20.0. The van der Waals surface area contributed by atoms with Gasteiger partial charge in [0.2, 0.25) is 5.91 Å². The van der Waals surface area contributed by atoms with Crippen LogP contribution in [0.3, 0.4) is 0 Å². The number of hydrogen-bond donors (Lipinski definition) is 1. The summed E-state index contributed by atoms with van der Waals surface area (Å²) in [5.74, 6) is -0.197. The predicted molar refractivity (Wildman–Crippen MR) is 109 cm³/mol. The summed E-state index contributed by atoms with van der Waals surface area (Å²) in [5, 5.41) is 6.12. The number of hydrogen-bond acceptors (Lipinski definition) is 5. The minimum absolute atomic E-state index is 0.0262. The van der Waals surface area contributed by atoms with Crippen LogP contribution >= 0.6 is 11.3 Å². The molecule has 2 heterocycles. The fourth-order valence-corrected chi connectivity index (χ4v) is 4.64. The summed E-state index contributed by atoms with van der Waals surface area (Å²) in [6, 6.07) is 10.4. The number of carbonyl (C=O) groups is 1. The molecule has 27 heavy (non-hydrogen) atoms. The zero-order chi connectivity index (χ0) is 19.2. The number of rotatable bonds is 8. The molecule has 1 fully saturated rings. The van der Waals surface area contributed by atoms with Gasteiger partial charge in [-0.3, -0.25) is 4.79 Å². The van der Waals surface area contributed by atoms with Gasteiger partial charge in [0.15, 0.2) is 0 Å². The molecule has 1 aromatic carbocycles. The molecule has 1 amide bonds. The third-order valence-corrected chi connectivity index (χ3v) is 6.37. The molecule has 1 unspecified atom stereocenters. The lowest BCUT2D eigenvalue weighted by Gasteiger charge is -2.32. The van der Waals surface area contributed by atoms with Crippen molar-refractivity contribution in [2.24, 2.45) is 5.92 Å². The van der Waals surface area contributed by atoms with E-state index in [4.69, 9.17) is 4.74 Å². The van der Waals surface area contributed by atoms with Crippen molar-refractivity contribution in [2.75, 3.05) is 20.7 Å². The molecular formula is C21H29N3O2S. The van der Waals surface area contributed by atoms with E-state index in [1.54, 1.807) is 24.6 Å². The molecule has 1 aromatic heterocycles. The maximum atomic E-state index is 13.1. The van der Waals surface area contributed by atoms with E-state index in [1.807, 2.05) is 30.5 Å². The highest BCUT2D eigenvalue weighted by Crippen LogP contribution is 2.26. The highest BCUT2D eigenvalue weighted by atomic mass is 32.1. The number of nitrogens with zero attached hydrogens (tertiary/aromatic N) is 2. The van der Waals surface area contributed by atoms with Gasteiger partial charge >= 0.3 is 0 Å². The maximum absolute atomic E-state index is 13.1. The fraction of sp³-hybridized carbons (Fsp3) is 0.524. The summed E-state index contributed by atoms with van der Waals surface area (Å²) in [5.41, 5.74) is 1.18. The van der Waals surface area contributed by atoms with Gasteiger partial charge in [-0.15, -0.1) is 11.3 Å². The van der Waals surface area contributed by atoms with Gasteiger partial charge < -0.3 is 15.0 Å². The van der Waals surface area contributed by atoms with E-state index in [-0.39, 0.29) is 24.0 Å². The molecule has 1 aliphatic rings. The summed E-state index contributed by atoms with van der Waals surface area (Å²) in [6.45, 7) is 3.03. The minimum atomic E-state index is -0.223. The van der Waals surface area contributed by atoms with Crippen LogP contribution in [0.2, 0.25) is 0 Å². The summed E-state index contributed by atoms with van der Waals surface area (Å²) in [4.78, 5) is 19.8. The Balaban J connectivity index is 1.71. The predicted octanol–water partition coefficient (Wildman–Crippen LogP) is 3.29. The van der Waals surface area contributed by atoms with Gasteiger partial charge in [0, 0.05) is 24.7 Å². The number of ether oxygens (including phenoxy) is 1. The minimum Gasteiger partial charge on any atom is -0.379 e. The number of nitrogens with one attached hydrogen (secondary N) is 1. The Kier molecular flexibility index (Phi) is 6.99. The molecule has 1 aliphatic heterocycles. The van der Waals surface area contributed by atoms with E-state index < -0.39 is 0 Å². The SMILES string of the molecule is CO[C@H]([C@@H](C)C(=O)NC(Cc1ccccc1)c1nccs1)[C@@H]1CCCN1C. The summed E-state index contributed by atoms with van der Waals surface area (Å²) in [6.07, 6.45) is 4.65. The van der Waals surface area contributed by atoms with Gasteiger partial charge in [-0.25, -0.2) is 4.98 Å². The number of methoxy groups -OCH3 is 1. The van der Waals surface area contributed by atoms with Crippen LogP contribution in [0.25, 0.3) is 0 Å². The highest BCUT2D eigenvalue weighted by molar-refractivity contribution is 7.09. The lowest BCUT2D eigenvalue weighted by molar-refractivity contribution is -0.131. The first-order valence-corrected chi connectivity index (χ1v) is 10.4. The monoisotopic (exact) mass is 387 g/mol. The smallest absolute Gasteiger partial charge is 0.226 e. The molecule has 4 atom stereocenters. The van der Waals surface area contributed by atoms with Crippen LogP contribution < -0.4 is 5.32 Å². The molecule has 2 aromatic rings. The Morgan fingerprint density at radius 1 is 1.41 bits per heavy atom. The standard InChI is InChI=1S/C21H29N3O2S/c1-15(19(26-3)18-10-7-12-24(18)2)20(25)23-17(21-22-11-13-27-21)14-16-8-5-4-6-9-16/h4-6,8-9,11,13,15,17-19H,7,10,12,14H2,1-3H3,(H,23,25)/t15-,17?,18+,19-/m1/s1. The number of thiazole rings is 1. The quantitative estimate of drug-likeness (QED) is 0.755. The summed E-state index contributed by atoms with van der Waals surface area (Å²) >= 11 is 1.58. The van der Waals surface area contributed by atoms with Crippen molar-refractivity contribution in [3.8, 4) is 0 Å². The van der Waals surface area contributed by atoms with Crippen LogP contribution in [0.1, 0.15) is 36.4 Å². The molecule has 0 radical (unpaired) electrons. The molecule has 0 bridgehead atoms. The lowest BCUT2D eigenvalue weighted by Crippen LogP contribution is -2.47. The van der Waals surface area contributed by atoms with Crippen LogP contribution in [0.15, 0.2) is 41.9 Å². The first-order chi connectivity index (χ1) is 13.1. The van der Waals surface area contributed by atoms with Crippen LogP contribution in [0.4, 0.5) is 0 Å². The Morgan fingerprint density at radius 2 is 2.19 bits per heavy atom. The number of likely N-dealkylation sites (tertiary alicyclic amines) is 1. The van der Waals surface area contributed by atoms with Crippen molar-refractivity contribution in [2.45, 2.75) is 44.4 Å². The van der Waals surface area contributed by atoms with Crippen molar-refractivity contribution in [1.82, 2.24) is 15.2 Å². The Labute approximate surface area is 165 Å². The second-order valence-electron chi connectivity index (χ2n) is 7.30. The lowest BCUT2D eigenvalue weighted by atomic mass is 9.94. The van der Waals surface area contributed by atoms with Crippen molar-refractivity contribution >= 4 is 17.2 Å². The van der Waals surface area contributed by atoms with Gasteiger partial charge in [0.1, 0.15) is 5.01 Å². The van der Waals surface area contributed by atoms with Gasteiger partial charge in [-0.1, -0.05) is 37.3 Å². The topological polar surface area (TPSA) is 54.5 Å². The van der Waals surface area contributed by atoms with E-state index in [0.29, 0.717) is 6.04 Å². The van der Waals surface area contributed by atoms with Crippen molar-refractivity contribution in [1.29, 1.82) is 0 Å². The average Bonchev–Trinajstić information content (AvgIpc) is 3.35. The van der Waals surface area contributed by atoms with Crippen molar-refractivity contribution in [3.63, 3.8) is 0 Å². The molecule has 0 aliphatic carbocycles. The Bertz CT molecular complexity index is 707. The third-order valence-electron chi connectivity index (χ3n) is 5.48. The van der Waals surface area contributed by atoms with E-state index in [9.17, 15) is 4.79 Å². The van der Waals surface area contributed by atoms with E-state index >= 15 is 0 Å². The molecule has 0 saturated carbocycles. The molecule has 5 nitrogen and oxygen atoms in total. The number of likely N-dealkylation sites (N-methyl/N-ethyl adjacent to an activating group) is 1. The molecule has 1 saturated heterocycles. The van der Waals surface area contributed by atoms with E-state index in [2.05, 4.69) is 34.4 Å². The molecule has 0 spiro atoms. The second kappa shape index (κ2) is 9.44. The zero-order valence-electron chi connectivity index (χ0n) is 16.3. The molecule has 6 heteroatoms. The molecular weight excluding hydrogens is 358 g/mol. The van der Waals surface area contributed by atoms with Gasteiger partial charge in [-0.05, 0) is 38.4 Å². The Hall–Kier alpha value is -1.76. The normalized spacial score (nSPS) is 20.9. The van der Waals surface area contributed by atoms with E-state index in [1.165, 1.54) is 5.56 Å². The number of benzene rings is 1. The number of aromatic nitrogens is 1. The summed E-state index contributed by atoms with van der Waals surface area (Å²) < 4.78 is 5.76. The van der Waals surface area contributed by atoms with Crippen LogP contribution in [-0.2, 0) is 16.0 Å². The van der Waals surface area contributed by atoms with Gasteiger partial charge in [0.25, 0.3) is 0 Å². The maximum Gasteiger partial charge on any atom is 0.226 e. The first-order valence-electron chi connectivity index (χ1n) is 9.57. The van der Waals surface area contributed by atoms with Gasteiger partial charge in [-0.2, -0.15) is 0 Å². The fourth-order valence-electron chi connectivity index (χ4n) is 3.95. The second-order valence-corrected chi connectivity index (χ2v) is 8.23. The average molecular weight is 388 g/mol. The van der Waals surface area contributed by atoms with Gasteiger partial charge in [0.05, 0.1) is 18.1 Å². The molecule has 146 valence electrons. The van der Waals surface area contributed by atoms with Crippen LogP contribution in [-0.4, -0.2) is 48.6 Å². The number of carbonyl (C=O) groups excluding carboxylic acids is 1. The van der Waals surface area contributed by atoms with Crippen molar-refractivity contribution in [3.05, 3.63) is 52.5 Å². The number of amides is 1. The highest BCUT2D eigenvalue weighted by Gasteiger charge is 2.36. The van der Waals surface area contributed by atoms with Crippen molar-refractivity contribution < 1.29 is 9.53 Å². The largest absolute Gasteiger partial charge is 0.379 e. The van der Waals surface area contributed by atoms with Crippen LogP contribution in [0, 0.1) is 5.92 Å². The third kappa shape index (κ3) is 4.94. The Morgan fingerprint density at radius 3 is 2.78 bits per heavy atom. The van der Waals surface area contributed by atoms with Crippen LogP contribution in [0.5, 0.6) is 0 Å². The summed E-state index contributed by atoms with van der Waals surface area (Å²) in [7, 11) is 3.82. The van der Waals surface area contributed by atoms with E-state index in [0.717, 1.165) is 30.8 Å².